The van der Waals surface area contributed by atoms with Gasteiger partial charge in [0.25, 0.3) is 0 Å². The van der Waals surface area contributed by atoms with Gasteiger partial charge < -0.3 is 15.5 Å². The molecule has 0 spiro atoms. The Morgan fingerprint density at radius 2 is 1.83 bits per heavy atom. The molecule has 0 unspecified atom stereocenters. The summed E-state index contributed by atoms with van der Waals surface area (Å²) in [6.45, 7) is 6.61. The van der Waals surface area contributed by atoms with Crippen molar-refractivity contribution >= 4 is 17.5 Å². The van der Waals surface area contributed by atoms with Crippen LogP contribution in [0.5, 0.6) is 0 Å². The molecule has 2 aromatic carbocycles. The predicted octanol–water partition coefficient (Wildman–Crippen LogP) is 3.42. The smallest absolute Gasteiger partial charge is 0.246 e. The van der Waals surface area contributed by atoms with Gasteiger partial charge >= 0.3 is 0 Å². The molecule has 0 radical (unpaired) electrons. The quantitative estimate of drug-likeness (QED) is 0.615. The number of amides is 2. The molecule has 5 atom stereocenters. The van der Waals surface area contributed by atoms with Crippen molar-refractivity contribution in [3.8, 4) is 0 Å². The van der Waals surface area contributed by atoms with Crippen LogP contribution in [0.25, 0.3) is 0 Å². The van der Waals surface area contributed by atoms with E-state index < -0.39 is 5.54 Å². The molecule has 4 bridgehead atoms. The van der Waals surface area contributed by atoms with Crippen LogP contribution >= 0.6 is 0 Å². The zero-order valence-electron chi connectivity index (χ0n) is 21.3. The molecular formula is C29H38N4O2. The standard InChI is InChI=1S/C29H38N4O2/c1-19(2)14-24-26-25-22(18-33(26)17-21-10-12-23(13-11-21)32(3)4)15-29(24,31-27(25)34)28(35)30-16-20-8-6-5-7-9-20/h5-13,19,22,24-26H,14-18H2,1-4H3,(H,30,35)(H,31,34)/t22-,24-,25-,26-,29+/m1/s1. The van der Waals surface area contributed by atoms with Gasteiger partial charge in [-0.2, -0.15) is 0 Å². The summed E-state index contributed by atoms with van der Waals surface area (Å²) in [5.74, 6) is 0.776. The van der Waals surface area contributed by atoms with Crippen LogP contribution in [0.1, 0.15) is 37.8 Å². The van der Waals surface area contributed by atoms with E-state index in [0.717, 1.165) is 31.5 Å². The third kappa shape index (κ3) is 4.33. The van der Waals surface area contributed by atoms with Crippen molar-refractivity contribution in [1.29, 1.82) is 0 Å². The Hall–Kier alpha value is -2.86. The van der Waals surface area contributed by atoms with Gasteiger partial charge in [-0.3, -0.25) is 14.5 Å². The number of likely N-dealkylation sites (tertiary alicyclic amines) is 1. The van der Waals surface area contributed by atoms with Gasteiger partial charge in [0.1, 0.15) is 5.54 Å². The zero-order chi connectivity index (χ0) is 24.7. The molecule has 3 heterocycles. The molecule has 0 aromatic heterocycles. The highest BCUT2D eigenvalue weighted by atomic mass is 16.2. The lowest BCUT2D eigenvalue weighted by molar-refractivity contribution is -0.155. The molecule has 6 nitrogen and oxygen atoms in total. The van der Waals surface area contributed by atoms with Gasteiger partial charge in [-0.05, 0) is 47.9 Å². The molecular weight excluding hydrogens is 436 g/mol. The number of carbonyl (C=O) groups excluding carboxylic acids is 2. The average Bonchev–Trinajstić information content (AvgIpc) is 3.14. The van der Waals surface area contributed by atoms with Gasteiger partial charge in [0.05, 0.1) is 5.92 Å². The number of hydrogen-bond donors (Lipinski definition) is 2. The van der Waals surface area contributed by atoms with Crippen LogP contribution in [-0.2, 0) is 22.7 Å². The van der Waals surface area contributed by atoms with Crippen molar-refractivity contribution < 1.29 is 9.59 Å². The molecule has 1 saturated carbocycles. The zero-order valence-corrected chi connectivity index (χ0v) is 21.3. The highest BCUT2D eigenvalue weighted by Crippen LogP contribution is 2.54. The van der Waals surface area contributed by atoms with Crippen molar-refractivity contribution in [1.82, 2.24) is 15.5 Å². The summed E-state index contributed by atoms with van der Waals surface area (Å²) >= 11 is 0. The van der Waals surface area contributed by atoms with Gasteiger partial charge in [0.2, 0.25) is 11.8 Å². The maximum Gasteiger partial charge on any atom is 0.246 e. The molecule has 4 aliphatic rings. The first-order valence-electron chi connectivity index (χ1n) is 12.9. The van der Waals surface area contributed by atoms with E-state index in [1.54, 1.807) is 0 Å². The van der Waals surface area contributed by atoms with Crippen molar-refractivity contribution in [3.63, 3.8) is 0 Å². The lowest BCUT2D eigenvalue weighted by Crippen LogP contribution is -2.75. The molecule has 3 saturated heterocycles. The Bertz CT molecular complexity index is 1070. The predicted molar refractivity (Wildman–Crippen MR) is 139 cm³/mol. The Balaban J connectivity index is 1.41. The van der Waals surface area contributed by atoms with Gasteiger partial charge in [0.15, 0.2) is 0 Å². The minimum Gasteiger partial charge on any atom is -0.378 e. The second kappa shape index (κ2) is 9.30. The number of piperidine rings is 2. The summed E-state index contributed by atoms with van der Waals surface area (Å²) in [5, 5.41) is 6.43. The first kappa shape index (κ1) is 23.9. The molecule has 1 aliphatic carbocycles. The van der Waals surface area contributed by atoms with Gasteiger partial charge in [-0.15, -0.1) is 0 Å². The normalized spacial score (nSPS) is 29.3. The molecule has 6 heteroatoms. The van der Waals surface area contributed by atoms with E-state index in [1.807, 2.05) is 44.4 Å². The first-order chi connectivity index (χ1) is 16.8. The Morgan fingerprint density at radius 3 is 2.49 bits per heavy atom. The molecule has 2 aromatic rings. The van der Waals surface area contributed by atoms with Crippen LogP contribution in [0.4, 0.5) is 5.69 Å². The Labute approximate surface area is 209 Å². The highest BCUT2D eigenvalue weighted by Gasteiger charge is 2.67. The third-order valence-corrected chi connectivity index (χ3v) is 8.31. The van der Waals surface area contributed by atoms with E-state index in [0.29, 0.717) is 12.5 Å². The fourth-order valence-electron chi connectivity index (χ4n) is 6.82. The lowest BCUT2D eigenvalue weighted by Gasteiger charge is -2.55. The number of carbonyl (C=O) groups is 2. The third-order valence-electron chi connectivity index (χ3n) is 8.31. The molecule has 186 valence electrons. The van der Waals surface area contributed by atoms with Crippen molar-refractivity contribution in [2.75, 3.05) is 25.5 Å². The maximum absolute atomic E-state index is 13.8. The van der Waals surface area contributed by atoms with Crippen LogP contribution in [0.3, 0.4) is 0 Å². The summed E-state index contributed by atoms with van der Waals surface area (Å²) in [4.78, 5) is 31.8. The van der Waals surface area contributed by atoms with E-state index in [-0.39, 0.29) is 35.6 Å². The second-order valence-corrected chi connectivity index (χ2v) is 11.3. The van der Waals surface area contributed by atoms with Crippen LogP contribution in [0.15, 0.2) is 54.6 Å². The minimum absolute atomic E-state index is 0.0225. The summed E-state index contributed by atoms with van der Waals surface area (Å²) in [6, 6.07) is 18.8. The number of rotatable bonds is 8. The number of nitrogens with zero attached hydrogens (tertiary/aromatic N) is 2. The summed E-state index contributed by atoms with van der Waals surface area (Å²) < 4.78 is 0. The number of anilines is 1. The molecule has 4 fully saturated rings. The molecule has 35 heavy (non-hydrogen) atoms. The summed E-state index contributed by atoms with van der Waals surface area (Å²) in [7, 11) is 4.10. The average molecular weight is 475 g/mol. The van der Waals surface area contributed by atoms with Crippen LogP contribution in [-0.4, -0.2) is 48.9 Å². The van der Waals surface area contributed by atoms with Gasteiger partial charge in [-0.25, -0.2) is 0 Å². The van der Waals surface area contributed by atoms with E-state index in [4.69, 9.17) is 0 Å². The monoisotopic (exact) mass is 474 g/mol. The fraction of sp³-hybridized carbons (Fsp3) is 0.517. The van der Waals surface area contributed by atoms with Crippen LogP contribution < -0.4 is 15.5 Å². The second-order valence-electron chi connectivity index (χ2n) is 11.3. The number of benzene rings is 2. The minimum atomic E-state index is -0.830. The van der Waals surface area contributed by atoms with E-state index >= 15 is 0 Å². The molecule has 3 aliphatic heterocycles. The van der Waals surface area contributed by atoms with Crippen LogP contribution in [0, 0.1) is 23.7 Å². The topological polar surface area (TPSA) is 64.7 Å². The summed E-state index contributed by atoms with van der Waals surface area (Å²) in [6.07, 6.45) is 1.65. The van der Waals surface area contributed by atoms with Crippen molar-refractivity contribution in [3.05, 3.63) is 65.7 Å². The van der Waals surface area contributed by atoms with Crippen LogP contribution in [0.2, 0.25) is 0 Å². The lowest BCUT2D eigenvalue weighted by atomic mass is 9.57. The molecule has 6 rings (SSSR count). The van der Waals surface area contributed by atoms with E-state index in [9.17, 15) is 9.59 Å². The number of nitrogens with one attached hydrogen (secondary N) is 2. The Kier molecular flexibility index (Phi) is 6.34. The van der Waals surface area contributed by atoms with Gasteiger partial charge in [-0.1, -0.05) is 56.3 Å². The van der Waals surface area contributed by atoms with Crippen molar-refractivity contribution in [2.45, 2.75) is 51.4 Å². The Morgan fingerprint density at radius 1 is 1.11 bits per heavy atom. The van der Waals surface area contributed by atoms with E-state index in [2.05, 4.69) is 58.5 Å². The largest absolute Gasteiger partial charge is 0.378 e. The number of fused-ring (bicyclic) bond motifs is 1. The van der Waals surface area contributed by atoms with Crippen molar-refractivity contribution in [2.24, 2.45) is 23.7 Å². The highest BCUT2D eigenvalue weighted by molar-refractivity contribution is 5.96. The first-order valence-corrected chi connectivity index (χ1v) is 12.9. The maximum atomic E-state index is 13.8. The van der Waals surface area contributed by atoms with E-state index in [1.165, 1.54) is 11.3 Å². The van der Waals surface area contributed by atoms with Gasteiger partial charge in [0, 0.05) is 51.4 Å². The molecule has 2 amide bonds. The number of hydrogen-bond acceptors (Lipinski definition) is 4. The molecule has 2 N–H and O–H groups in total. The summed E-state index contributed by atoms with van der Waals surface area (Å²) in [5.41, 5.74) is 2.67. The SMILES string of the molecule is CC(C)C[C@@H]1[C@@H]2[C@@H]3C(=O)N[C@@]1(C(=O)NCc1ccccc1)C[C@@H]3CN2Cc1ccc(N(C)C)cc1. The fourth-order valence-corrected chi connectivity index (χ4v) is 6.82.